The van der Waals surface area contributed by atoms with Crippen LogP contribution in [0, 0.1) is 0 Å². The van der Waals surface area contributed by atoms with Crippen molar-refractivity contribution in [3.8, 4) is 17.2 Å². The summed E-state index contributed by atoms with van der Waals surface area (Å²) >= 11 is 0. The van der Waals surface area contributed by atoms with Gasteiger partial charge < -0.3 is 19.5 Å². The van der Waals surface area contributed by atoms with E-state index in [1.807, 2.05) is 49.4 Å². The monoisotopic (exact) mass is 367 g/mol. The van der Waals surface area contributed by atoms with E-state index < -0.39 is 5.79 Å². The third kappa shape index (κ3) is 3.87. The first-order valence-corrected chi connectivity index (χ1v) is 9.70. The molecular weight excluding hydrogens is 342 g/mol. The first-order chi connectivity index (χ1) is 13.2. The average molecular weight is 367 g/mol. The van der Waals surface area contributed by atoms with E-state index in [1.54, 1.807) is 0 Å². The van der Waals surface area contributed by atoms with Gasteiger partial charge in [0.1, 0.15) is 5.75 Å². The fourth-order valence-corrected chi connectivity index (χ4v) is 3.77. The Bertz CT molecular complexity index is 827. The van der Waals surface area contributed by atoms with Crippen LogP contribution in [0.3, 0.4) is 0 Å². The van der Waals surface area contributed by atoms with E-state index >= 15 is 0 Å². The molecule has 0 unspecified atom stereocenters. The van der Waals surface area contributed by atoms with Crippen LogP contribution < -0.4 is 19.5 Å². The third-order valence-electron chi connectivity index (χ3n) is 5.08. The number of anilines is 1. The zero-order valence-corrected chi connectivity index (χ0v) is 15.6. The van der Waals surface area contributed by atoms with E-state index in [-0.39, 0.29) is 5.91 Å². The van der Waals surface area contributed by atoms with E-state index in [4.69, 9.17) is 14.2 Å². The van der Waals surface area contributed by atoms with E-state index in [2.05, 4.69) is 5.32 Å². The van der Waals surface area contributed by atoms with Crippen molar-refractivity contribution in [3.05, 3.63) is 48.0 Å². The zero-order valence-electron chi connectivity index (χ0n) is 15.6. The first-order valence-electron chi connectivity index (χ1n) is 9.70. The zero-order chi connectivity index (χ0) is 18.7. The Hall–Kier alpha value is -2.69. The molecule has 0 radical (unpaired) electrons. The molecule has 27 heavy (non-hydrogen) atoms. The van der Waals surface area contributed by atoms with Gasteiger partial charge in [-0.05, 0) is 49.9 Å². The summed E-state index contributed by atoms with van der Waals surface area (Å²) in [6, 6.07) is 13.4. The van der Waals surface area contributed by atoms with E-state index in [1.165, 1.54) is 0 Å². The fraction of sp³-hybridized carbons (Fsp3) is 0.409. The third-order valence-corrected chi connectivity index (χ3v) is 5.08. The standard InChI is InChI=1S/C22H25NO4/c1-2-25-18-8-4-3-7-16(18)9-12-21(24)23-17-10-11-19-20(15-17)27-22(26-19)13-5-6-14-22/h3-4,7-8,10-11,15H,2,5-6,9,12-14H2,1H3,(H,23,24). The molecular formula is C22H25NO4. The highest BCUT2D eigenvalue weighted by Gasteiger charge is 2.44. The number of nitrogens with one attached hydrogen (secondary N) is 1. The normalized spacial score (nSPS) is 16.5. The molecule has 1 aliphatic carbocycles. The molecule has 0 bridgehead atoms. The number of hydrogen-bond acceptors (Lipinski definition) is 4. The highest BCUT2D eigenvalue weighted by Crippen LogP contribution is 2.47. The predicted molar refractivity (Wildman–Crippen MR) is 103 cm³/mol. The molecule has 2 aromatic rings. The van der Waals surface area contributed by atoms with Crippen molar-refractivity contribution in [2.45, 2.75) is 51.2 Å². The Morgan fingerprint density at radius 1 is 1.11 bits per heavy atom. The van der Waals surface area contributed by atoms with Crippen LogP contribution in [0.15, 0.2) is 42.5 Å². The minimum absolute atomic E-state index is 0.0317. The van der Waals surface area contributed by atoms with Crippen LogP contribution in [0.4, 0.5) is 5.69 Å². The molecule has 5 nitrogen and oxygen atoms in total. The summed E-state index contributed by atoms with van der Waals surface area (Å²) in [4.78, 5) is 12.4. The van der Waals surface area contributed by atoms with Gasteiger partial charge in [0, 0.05) is 31.0 Å². The van der Waals surface area contributed by atoms with Crippen LogP contribution >= 0.6 is 0 Å². The molecule has 1 amide bonds. The number of ether oxygens (including phenoxy) is 3. The van der Waals surface area contributed by atoms with Gasteiger partial charge in [0.2, 0.25) is 5.91 Å². The van der Waals surface area contributed by atoms with Crippen molar-refractivity contribution >= 4 is 11.6 Å². The largest absolute Gasteiger partial charge is 0.494 e. The van der Waals surface area contributed by atoms with E-state index in [0.29, 0.717) is 19.4 Å². The molecule has 1 spiro atoms. The molecule has 0 aromatic heterocycles. The summed E-state index contributed by atoms with van der Waals surface area (Å²) in [5.74, 6) is 1.82. The number of para-hydroxylation sites is 1. The lowest BCUT2D eigenvalue weighted by molar-refractivity contribution is -0.116. The number of hydrogen-bond donors (Lipinski definition) is 1. The maximum absolute atomic E-state index is 12.4. The highest BCUT2D eigenvalue weighted by atomic mass is 16.7. The second-order valence-electron chi connectivity index (χ2n) is 7.07. The smallest absolute Gasteiger partial charge is 0.251 e. The Morgan fingerprint density at radius 3 is 2.70 bits per heavy atom. The summed E-state index contributed by atoms with van der Waals surface area (Å²) in [5.41, 5.74) is 1.78. The summed E-state index contributed by atoms with van der Waals surface area (Å²) < 4.78 is 17.7. The molecule has 1 aliphatic heterocycles. The van der Waals surface area contributed by atoms with Crippen molar-refractivity contribution < 1.29 is 19.0 Å². The van der Waals surface area contributed by atoms with Gasteiger partial charge in [0.15, 0.2) is 11.5 Å². The summed E-state index contributed by atoms with van der Waals surface area (Å²) in [7, 11) is 0. The first kappa shape index (κ1) is 17.7. The maximum Gasteiger partial charge on any atom is 0.251 e. The highest BCUT2D eigenvalue weighted by molar-refractivity contribution is 5.91. The average Bonchev–Trinajstić information content (AvgIpc) is 3.27. The van der Waals surface area contributed by atoms with Crippen LogP contribution in [0.25, 0.3) is 0 Å². The molecule has 2 aromatic carbocycles. The predicted octanol–water partition coefficient (Wildman–Crippen LogP) is 4.70. The topological polar surface area (TPSA) is 56.8 Å². The maximum atomic E-state index is 12.4. The minimum atomic E-state index is -0.478. The van der Waals surface area contributed by atoms with Gasteiger partial charge in [-0.25, -0.2) is 0 Å². The van der Waals surface area contributed by atoms with Gasteiger partial charge in [0.25, 0.3) is 5.79 Å². The lowest BCUT2D eigenvalue weighted by Crippen LogP contribution is -2.34. The number of rotatable bonds is 6. The van der Waals surface area contributed by atoms with Gasteiger partial charge in [-0.2, -0.15) is 0 Å². The molecule has 2 aliphatic rings. The van der Waals surface area contributed by atoms with Gasteiger partial charge in [-0.15, -0.1) is 0 Å². The van der Waals surface area contributed by atoms with Crippen molar-refractivity contribution in [1.82, 2.24) is 0 Å². The Kier molecular flexibility index (Phi) is 4.92. The molecule has 1 N–H and O–H groups in total. The molecule has 1 heterocycles. The van der Waals surface area contributed by atoms with Gasteiger partial charge in [0.05, 0.1) is 6.61 Å². The molecule has 142 valence electrons. The van der Waals surface area contributed by atoms with Crippen LogP contribution in [-0.2, 0) is 11.2 Å². The Morgan fingerprint density at radius 2 is 1.89 bits per heavy atom. The number of carbonyl (C=O) groups is 1. The van der Waals surface area contributed by atoms with Crippen LogP contribution in [-0.4, -0.2) is 18.3 Å². The van der Waals surface area contributed by atoms with Gasteiger partial charge in [-0.1, -0.05) is 18.2 Å². The lowest BCUT2D eigenvalue weighted by atomic mass is 10.1. The number of aryl methyl sites for hydroxylation is 1. The number of carbonyl (C=O) groups excluding carboxylic acids is 1. The number of benzene rings is 2. The second kappa shape index (κ2) is 7.51. The summed E-state index contributed by atoms with van der Waals surface area (Å²) in [6.45, 7) is 2.57. The fourth-order valence-electron chi connectivity index (χ4n) is 3.77. The Balaban J connectivity index is 1.36. The molecule has 1 saturated carbocycles. The van der Waals surface area contributed by atoms with Gasteiger partial charge in [-0.3, -0.25) is 4.79 Å². The van der Waals surface area contributed by atoms with Gasteiger partial charge >= 0.3 is 0 Å². The summed E-state index contributed by atoms with van der Waals surface area (Å²) in [5, 5.41) is 2.96. The van der Waals surface area contributed by atoms with Crippen LogP contribution in [0.5, 0.6) is 17.2 Å². The van der Waals surface area contributed by atoms with Crippen molar-refractivity contribution in [2.24, 2.45) is 0 Å². The van der Waals surface area contributed by atoms with Crippen LogP contribution in [0.2, 0.25) is 0 Å². The quantitative estimate of drug-likeness (QED) is 0.804. The Labute approximate surface area is 159 Å². The van der Waals surface area contributed by atoms with E-state index in [9.17, 15) is 4.79 Å². The van der Waals surface area contributed by atoms with E-state index in [0.717, 1.165) is 54.2 Å². The summed E-state index contributed by atoms with van der Waals surface area (Å²) in [6.07, 6.45) is 5.12. The van der Waals surface area contributed by atoms with Crippen molar-refractivity contribution in [1.29, 1.82) is 0 Å². The number of amides is 1. The SMILES string of the molecule is CCOc1ccccc1CCC(=O)Nc1ccc2c(c1)OC1(CCCC1)O2. The number of fused-ring (bicyclic) bond motifs is 1. The molecule has 0 saturated heterocycles. The molecule has 0 atom stereocenters. The molecule has 4 rings (SSSR count). The minimum Gasteiger partial charge on any atom is -0.494 e. The van der Waals surface area contributed by atoms with Crippen molar-refractivity contribution in [3.63, 3.8) is 0 Å². The molecule has 5 heteroatoms. The lowest BCUT2D eigenvalue weighted by Gasteiger charge is -2.21. The molecule has 1 fully saturated rings. The van der Waals surface area contributed by atoms with Crippen LogP contribution in [0.1, 0.15) is 44.6 Å². The van der Waals surface area contributed by atoms with Crippen molar-refractivity contribution in [2.75, 3.05) is 11.9 Å². The second-order valence-corrected chi connectivity index (χ2v) is 7.07.